The summed E-state index contributed by atoms with van der Waals surface area (Å²) in [5.74, 6) is 1.88. The summed E-state index contributed by atoms with van der Waals surface area (Å²) < 4.78 is 5.79. The first kappa shape index (κ1) is 17.1. The number of rotatable bonds is 4. The van der Waals surface area contributed by atoms with Crippen LogP contribution >= 0.6 is 23.1 Å². The van der Waals surface area contributed by atoms with Crippen molar-refractivity contribution in [1.29, 1.82) is 0 Å². The van der Waals surface area contributed by atoms with E-state index in [1.807, 2.05) is 4.90 Å². The van der Waals surface area contributed by atoms with Gasteiger partial charge >= 0.3 is 0 Å². The quantitative estimate of drug-likeness (QED) is 0.753. The van der Waals surface area contributed by atoms with Crippen molar-refractivity contribution in [3.05, 3.63) is 16.5 Å². The lowest BCUT2D eigenvalue weighted by molar-refractivity contribution is -0.129. The van der Waals surface area contributed by atoms with E-state index in [4.69, 9.17) is 4.42 Å². The molecule has 4 rings (SSSR count). The highest BCUT2D eigenvalue weighted by molar-refractivity contribution is 7.99. The van der Waals surface area contributed by atoms with E-state index in [-0.39, 0.29) is 5.91 Å². The van der Waals surface area contributed by atoms with Gasteiger partial charge in [0.1, 0.15) is 0 Å². The van der Waals surface area contributed by atoms with Crippen LogP contribution in [0.15, 0.2) is 15.7 Å². The van der Waals surface area contributed by atoms with Crippen LogP contribution in [0.1, 0.15) is 43.0 Å². The molecular weight excluding hydrogens is 354 g/mol. The maximum absolute atomic E-state index is 12.2. The van der Waals surface area contributed by atoms with Crippen LogP contribution in [0.2, 0.25) is 0 Å². The third-order valence-corrected chi connectivity index (χ3v) is 7.00. The van der Waals surface area contributed by atoms with Crippen LogP contribution in [0.25, 0.3) is 10.8 Å². The van der Waals surface area contributed by atoms with E-state index in [1.54, 1.807) is 11.3 Å². The first-order valence-corrected chi connectivity index (χ1v) is 10.9. The molecule has 0 saturated carbocycles. The van der Waals surface area contributed by atoms with E-state index >= 15 is 0 Å². The van der Waals surface area contributed by atoms with E-state index in [0.717, 1.165) is 49.6 Å². The first-order chi connectivity index (χ1) is 12.2. The van der Waals surface area contributed by atoms with Crippen molar-refractivity contribution in [3.63, 3.8) is 0 Å². The Bertz CT molecular complexity index is 749. The number of carbonyl (C=O) groups excluding carboxylic acids is 1. The van der Waals surface area contributed by atoms with Gasteiger partial charge in [0.2, 0.25) is 5.91 Å². The highest BCUT2D eigenvalue weighted by atomic mass is 32.2. The van der Waals surface area contributed by atoms with Crippen molar-refractivity contribution in [3.8, 4) is 10.8 Å². The van der Waals surface area contributed by atoms with Gasteiger partial charge in [-0.3, -0.25) is 4.79 Å². The molecule has 1 amide bonds. The summed E-state index contributed by atoms with van der Waals surface area (Å²) in [4.78, 5) is 16.7. The minimum atomic E-state index is 0.171. The predicted octanol–water partition coefficient (Wildman–Crippen LogP) is 4.03. The van der Waals surface area contributed by atoms with Gasteiger partial charge in [0, 0.05) is 18.0 Å². The second-order valence-electron chi connectivity index (χ2n) is 7.01. The Morgan fingerprint density at radius 1 is 1.36 bits per heavy atom. The molecule has 0 unspecified atom stereocenters. The number of likely N-dealkylation sites (tertiary alicyclic amines) is 1. The monoisotopic (exact) mass is 377 g/mol. The minimum Gasteiger partial charge on any atom is -0.410 e. The molecule has 0 aromatic carbocycles. The molecule has 1 fully saturated rings. The Balaban J connectivity index is 1.38. The molecular formula is C18H23N3O2S2. The zero-order valence-electron chi connectivity index (χ0n) is 14.5. The summed E-state index contributed by atoms with van der Waals surface area (Å²) in [6.07, 6.45) is 7.02. The summed E-state index contributed by atoms with van der Waals surface area (Å²) in [6, 6.07) is 2.20. The van der Waals surface area contributed by atoms with Crippen LogP contribution in [-0.2, 0) is 17.6 Å². The molecule has 1 atom stereocenters. The van der Waals surface area contributed by atoms with Crippen LogP contribution in [0.3, 0.4) is 0 Å². The number of fused-ring (bicyclic) bond motifs is 1. The van der Waals surface area contributed by atoms with Crippen molar-refractivity contribution in [2.75, 3.05) is 18.8 Å². The first-order valence-electron chi connectivity index (χ1n) is 9.05. The average molecular weight is 378 g/mol. The van der Waals surface area contributed by atoms with Gasteiger partial charge in [0.05, 0.1) is 10.6 Å². The molecule has 7 heteroatoms. The molecule has 1 aliphatic heterocycles. The highest BCUT2D eigenvalue weighted by Crippen LogP contribution is 2.37. The molecule has 1 aliphatic carbocycles. The highest BCUT2D eigenvalue weighted by Gasteiger charge is 2.22. The molecule has 2 aromatic heterocycles. The van der Waals surface area contributed by atoms with Crippen LogP contribution in [0.5, 0.6) is 0 Å². The summed E-state index contributed by atoms with van der Waals surface area (Å²) in [5, 5.41) is 8.79. The van der Waals surface area contributed by atoms with Gasteiger partial charge in [-0.05, 0) is 56.1 Å². The maximum Gasteiger partial charge on any atom is 0.277 e. The molecule has 5 nitrogen and oxygen atoms in total. The SMILES string of the molecule is C[C@@H]1CCc2sc(-c3nnc(SCC(=O)N4CCCCC4)o3)cc2C1. The fourth-order valence-electron chi connectivity index (χ4n) is 3.54. The van der Waals surface area contributed by atoms with Crippen molar-refractivity contribution < 1.29 is 9.21 Å². The molecule has 2 aromatic rings. The number of nitrogens with zero attached hydrogens (tertiary/aromatic N) is 3. The fourth-order valence-corrected chi connectivity index (χ4v) is 5.33. The van der Waals surface area contributed by atoms with Gasteiger partial charge in [0.25, 0.3) is 11.1 Å². The molecule has 1 saturated heterocycles. The number of piperidine rings is 1. The Morgan fingerprint density at radius 3 is 3.04 bits per heavy atom. The molecule has 0 spiro atoms. The minimum absolute atomic E-state index is 0.171. The van der Waals surface area contributed by atoms with Crippen molar-refractivity contribution in [2.24, 2.45) is 5.92 Å². The van der Waals surface area contributed by atoms with E-state index in [2.05, 4.69) is 23.2 Å². The standard InChI is InChI=1S/C18H23N3O2S2/c1-12-5-6-14-13(9-12)10-15(25-14)17-19-20-18(23-17)24-11-16(22)21-7-3-2-4-8-21/h10,12H,2-9,11H2,1H3/t12-/m1/s1. The van der Waals surface area contributed by atoms with Crippen LogP contribution in [0.4, 0.5) is 0 Å². The van der Waals surface area contributed by atoms with Crippen molar-refractivity contribution in [2.45, 2.75) is 50.7 Å². The van der Waals surface area contributed by atoms with Gasteiger partial charge in [-0.1, -0.05) is 18.7 Å². The number of amides is 1. The molecule has 0 radical (unpaired) electrons. The predicted molar refractivity (Wildman–Crippen MR) is 100.0 cm³/mol. The van der Waals surface area contributed by atoms with Gasteiger partial charge in [0.15, 0.2) is 0 Å². The van der Waals surface area contributed by atoms with E-state index < -0.39 is 0 Å². The molecule has 0 bridgehead atoms. The van der Waals surface area contributed by atoms with Gasteiger partial charge in [-0.25, -0.2) is 0 Å². The second-order valence-corrected chi connectivity index (χ2v) is 9.07. The number of carbonyl (C=O) groups is 1. The lowest BCUT2D eigenvalue weighted by Crippen LogP contribution is -2.36. The van der Waals surface area contributed by atoms with Gasteiger partial charge in [-0.2, -0.15) is 0 Å². The zero-order chi connectivity index (χ0) is 17.2. The zero-order valence-corrected chi connectivity index (χ0v) is 16.1. The van der Waals surface area contributed by atoms with Gasteiger partial charge < -0.3 is 9.32 Å². The van der Waals surface area contributed by atoms with Gasteiger partial charge in [-0.15, -0.1) is 21.5 Å². The summed E-state index contributed by atoms with van der Waals surface area (Å²) >= 11 is 3.12. The molecule has 25 heavy (non-hydrogen) atoms. The number of hydrogen-bond acceptors (Lipinski definition) is 6. The Kier molecular flexibility index (Phi) is 5.12. The third-order valence-electron chi connectivity index (χ3n) is 4.97. The molecule has 0 N–H and O–H groups in total. The summed E-state index contributed by atoms with van der Waals surface area (Å²) in [7, 11) is 0. The number of thiophene rings is 1. The number of aromatic nitrogens is 2. The second kappa shape index (κ2) is 7.50. The molecule has 2 aliphatic rings. The maximum atomic E-state index is 12.2. The number of aryl methyl sites for hydroxylation is 1. The largest absolute Gasteiger partial charge is 0.410 e. The lowest BCUT2D eigenvalue weighted by atomic mass is 9.90. The summed E-state index contributed by atoms with van der Waals surface area (Å²) in [6.45, 7) is 4.07. The number of thioether (sulfide) groups is 1. The Morgan fingerprint density at radius 2 is 2.20 bits per heavy atom. The average Bonchev–Trinajstić information content (AvgIpc) is 3.26. The van der Waals surface area contributed by atoms with Crippen LogP contribution < -0.4 is 0 Å². The van der Waals surface area contributed by atoms with E-state index in [1.165, 1.54) is 35.0 Å². The van der Waals surface area contributed by atoms with Crippen molar-refractivity contribution >= 4 is 29.0 Å². The molecule has 3 heterocycles. The van der Waals surface area contributed by atoms with E-state index in [0.29, 0.717) is 16.9 Å². The normalized spacial score (nSPS) is 20.5. The lowest BCUT2D eigenvalue weighted by Gasteiger charge is -2.26. The van der Waals surface area contributed by atoms with E-state index in [9.17, 15) is 4.79 Å². The van der Waals surface area contributed by atoms with Crippen LogP contribution in [-0.4, -0.2) is 39.8 Å². The Labute approximate surface area is 156 Å². The topological polar surface area (TPSA) is 59.2 Å². The van der Waals surface area contributed by atoms with Crippen molar-refractivity contribution in [1.82, 2.24) is 15.1 Å². The smallest absolute Gasteiger partial charge is 0.277 e. The summed E-state index contributed by atoms with van der Waals surface area (Å²) in [5.41, 5.74) is 1.44. The van der Waals surface area contributed by atoms with Crippen LogP contribution in [0, 0.1) is 5.92 Å². The Hall–Kier alpha value is -1.34. The molecule has 134 valence electrons. The third kappa shape index (κ3) is 3.92. The number of hydrogen-bond donors (Lipinski definition) is 0. The fraction of sp³-hybridized carbons (Fsp3) is 0.611.